The van der Waals surface area contributed by atoms with E-state index in [0.29, 0.717) is 24.0 Å². The van der Waals surface area contributed by atoms with Gasteiger partial charge in [-0.1, -0.05) is 0 Å². The predicted octanol–water partition coefficient (Wildman–Crippen LogP) is 1.97. The van der Waals surface area contributed by atoms with Crippen LogP contribution in [0.25, 0.3) is 0 Å². The molecule has 0 rings (SSSR count). The van der Waals surface area contributed by atoms with E-state index in [9.17, 15) is 0 Å². The minimum absolute atomic E-state index is 0.658. The zero-order valence-corrected chi connectivity index (χ0v) is 11.6. The Labute approximate surface area is 86.3 Å². The standard InChI is InChI=1S/C7H17BrGeO3/c1-4-10-9(7-8,11-5-2)12-6-3/h4-7H2,1-3H3. The van der Waals surface area contributed by atoms with Crippen molar-refractivity contribution in [3.63, 3.8) is 0 Å². The monoisotopic (exact) mass is 302 g/mol. The summed E-state index contributed by atoms with van der Waals surface area (Å²) < 4.78 is 17.4. The molecule has 0 aliphatic heterocycles. The second-order valence-electron chi connectivity index (χ2n) is 2.12. The summed E-state index contributed by atoms with van der Waals surface area (Å²) in [7, 11) is 0. The van der Waals surface area contributed by atoms with Crippen LogP contribution >= 0.6 is 15.9 Å². The van der Waals surface area contributed by atoms with Gasteiger partial charge in [-0.3, -0.25) is 0 Å². The molecular weight excluding hydrogens is 285 g/mol. The maximum absolute atomic E-state index is 5.56. The second-order valence-corrected chi connectivity index (χ2v) is 10.3. The summed E-state index contributed by atoms with van der Waals surface area (Å²) in [6.07, 6.45) is 0. The van der Waals surface area contributed by atoms with Crippen molar-refractivity contribution < 1.29 is 11.3 Å². The molecule has 12 heavy (non-hydrogen) atoms. The Kier molecular flexibility index (Phi) is 7.87. The molecule has 0 bridgehead atoms. The van der Waals surface area contributed by atoms with Crippen LogP contribution < -0.4 is 0 Å². The molecule has 0 aliphatic rings. The Bertz CT molecular complexity index is 95.8. The van der Waals surface area contributed by atoms with Crippen molar-refractivity contribution in [3.8, 4) is 0 Å². The summed E-state index contributed by atoms with van der Waals surface area (Å²) in [6.45, 7) is 7.85. The van der Waals surface area contributed by atoms with E-state index in [4.69, 9.17) is 11.3 Å². The number of halogens is 1. The average Bonchev–Trinajstić information content (AvgIpc) is 2.06. The molecule has 0 spiro atoms. The van der Waals surface area contributed by atoms with Crippen LogP contribution in [-0.4, -0.2) is 38.3 Å². The fraction of sp³-hybridized carbons (Fsp3) is 1.00. The summed E-state index contributed by atoms with van der Waals surface area (Å²) in [4.78, 5) is 0. The van der Waals surface area contributed by atoms with Crippen LogP contribution in [0.1, 0.15) is 20.8 Å². The van der Waals surface area contributed by atoms with Crippen molar-refractivity contribution in [3.05, 3.63) is 0 Å². The fourth-order valence-corrected chi connectivity index (χ4v) is 7.20. The Balaban J connectivity index is 4.06. The van der Waals surface area contributed by atoms with Gasteiger partial charge in [-0.2, -0.15) is 0 Å². The van der Waals surface area contributed by atoms with Crippen LogP contribution in [0.2, 0.25) is 0 Å². The van der Waals surface area contributed by atoms with Crippen LogP contribution in [0.5, 0.6) is 0 Å². The van der Waals surface area contributed by atoms with Crippen LogP contribution in [0, 0.1) is 0 Å². The summed E-state index contributed by atoms with van der Waals surface area (Å²) in [5.41, 5.74) is 0. The molecule has 0 aromatic rings. The van der Waals surface area contributed by atoms with E-state index in [0.717, 1.165) is 0 Å². The van der Waals surface area contributed by atoms with Crippen LogP contribution in [0.4, 0.5) is 0 Å². The van der Waals surface area contributed by atoms with E-state index in [1.807, 2.05) is 20.8 Å². The van der Waals surface area contributed by atoms with Gasteiger partial charge >= 0.3 is 86.3 Å². The van der Waals surface area contributed by atoms with Crippen LogP contribution in [0.3, 0.4) is 0 Å². The normalized spacial score (nSPS) is 12.0. The van der Waals surface area contributed by atoms with E-state index in [1.165, 1.54) is 0 Å². The van der Waals surface area contributed by atoms with E-state index in [-0.39, 0.29) is 0 Å². The third-order valence-electron chi connectivity index (χ3n) is 1.26. The molecule has 74 valence electrons. The third kappa shape index (κ3) is 4.23. The topological polar surface area (TPSA) is 27.7 Å². The molecule has 0 aromatic heterocycles. The molecule has 0 radical (unpaired) electrons. The van der Waals surface area contributed by atoms with Gasteiger partial charge in [0.15, 0.2) is 0 Å². The first-order valence-electron chi connectivity index (χ1n) is 4.22. The van der Waals surface area contributed by atoms with Gasteiger partial charge in [0.25, 0.3) is 0 Å². The number of hydrogen-bond acceptors (Lipinski definition) is 3. The van der Waals surface area contributed by atoms with Crippen molar-refractivity contribution in [1.29, 1.82) is 0 Å². The van der Waals surface area contributed by atoms with Gasteiger partial charge in [-0.25, -0.2) is 0 Å². The summed E-state index contributed by atoms with van der Waals surface area (Å²) in [5, 5.41) is 0. The van der Waals surface area contributed by atoms with Gasteiger partial charge < -0.3 is 0 Å². The van der Waals surface area contributed by atoms with E-state index in [2.05, 4.69) is 15.9 Å². The number of rotatable bonds is 7. The molecule has 0 unspecified atom stereocenters. The Morgan fingerprint density at radius 1 is 0.917 bits per heavy atom. The van der Waals surface area contributed by atoms with Crippen LogP contribution in [0.15, 0.2) is 0 Å². The molecule has 5 heteroatoms. The summed E-state index contributed by atoms with van der Waals surface area (Å²) in [5.74, 6) is 0. The van der Waals surface area contributed by atoms with Crippen molar-refractivity contribution in [2.45, 2.75) is 20.8 Å². The van der Waals surface area contributed by atoms with Crippen molar-refractivity contribution in [1.82, 2.24) is 0 Å². The van der Waals surface area contributed by atoms with E-state index in [1.54, 1.807) is 0 Å². The van der Waals surface area contributed by atoms with Gasteiger partial charge in [-0.05, 0) is 0 Å². The van der Waals surface area contributed by atoms with Crippen molar-refractivity contribution in [2.75, 3.05) is 24.0 Å². The van der Waals surface area contributed by atoms with E-state index < -0.39 is 14.3 Å². The van der Waals surface area contributed by atoms with Gasteiger partial charge in [-0.15, -0.1) is 0 Å². The molecule has 0 fully saturated rings. The third-order valence-corrected chi connectivity index (χ3v) is 10.1. The second kappa shape index (κ2) is 7.32. The van der Waals surface area contributed by atoms with Gasteiger partial charge in [0.1, 0.15) is 0 Å². The molecule has 0 heterocycles. The first-order valence-corrected chi connectivity index (χ1v) is 9.40. The quantitative estimate of drug-likeness (QED) is 0.531. The maximum atomic E-state index is 5.56. The SMILES string of the molecule is CC[O][Ge]([CH2]Br)([O]CC)[O]CC. The minimum atomic E-state index is -2.86. The van der Waals surface area contributed by atoms with Gasteiger partial charge in [0.05, 0.1) is 0 Å². The van der Waals surface area contributed by atoms with Crippen molar-refractivity contribution >= 4 is 30.2 Å². The fourth-order valence-electron chi connectivity index (χ4n) is 0.900. The molecule has 0 saturated heterocycles. The van der Waals surface area contributed by atoms with Gasteiger partial charge in [0, 0.05) is 0 Å². The number of alkyl halides is 1. The molecule has 0 aliphatic carbocycles. The molecule has 3 nitrogen and oxygen atoms in total. The first-order chi connectivity index (χ1) is 5.74. The molecule has 0 N–H and O–H groups in total. The van der Waals surface area contributed by atoms with E-state index >= 15 is 0 Å². The van der Waals surface area contributed by atoms with Crippen LogP contribution in [-0.2, 0) is 11.3 Å². The Morgan fingerprint density at radius 3 is 1.42 bits per heavy atom. The summed E-state index contributed by atoms with van der Waals surface area (Å²) in [6, 6.07) is 0. The zero-order chi connectivity index (χ0) is 9.45. The molecule has 0 amide bonds. The average molecular weight is 302 g/mol. The van der Waals surface area contributed by atoms with Gasteiger partial charge in [0.2, 0.25) is 0 Å². The number of hydrogen-bond donors (Lipinski definition) is 0. The zero-order valence-electron chi connectivity index (χ0n) is 7.93. The molecule has 0 atom stereocenters. The molecule has 0 saturated carbocycles. The first kappa shape index (κ1) is 12.9. The molecular formula is C7H17BrGeO3. The molecule has 0 aromatic carbocycles. The Hall–Kier alpha value is 0.903. The van der Waals surface area contributed by atoms with Crippen molar-refractivity contribution in [2.24, 2.45) is 0 Å². The Morgan fingerprint density at radius 2 is 1.25 bits per heavy atom. The predicted molar refractivity (Wildman–Crippen MR) is 54.4 cm³/mol. The summed E-state index contributed by atoms with van der Waals surface area (Å²) >= 11 is 0.520.